The van der Waals surface area contributed by atoms with Crippen LogP contribution in [0.1, 0.15) is 12.8 Å². The largest absolute Gasteiger partial charge is 0.395 e. The molecule has 2 rings (SSSR count). The molecule has 3 heteroatoms. The summed E-state index contributed by atoms with van der Waals surface area (Å²) in [7, 11) is 1.76. The van der Waals surface area contributed by atoms with Gasteiger partial charge in [-0.2, -0.15) is 0 Å². The van der Waals surface area contributed by atoms with Gasteiger partial charge in [-0.05, 0) is 6.42 Å². The highest BCUT2D eigenvalue weighted by molar-refractivity contribution is 5.89. The lowest BCUT2D eigenvalue weighted by molar-refractivity contribution is 0.0868. The van der Waals surface area contributed by atoms with Crippen LogP contribution in [-0.2, 0) is 9.57 Å². The second kappa shape index (κ2) is 2.23. The molecule has 2 unspecified atom stereocenters. The van der Waals surface area contributed by atoms with Gasteiger partial charge in [-0.25, -0.2) is 0 Å². The van der Waals surface area contributed by atoms with Crippen molar-refractivity contribution >= 4 is 5.71 Å². The third-order valence-electron chi connectivity index (χ3n) is 2.25. The molecule has 0 spiro atoms. The minimum absolute atomic E-state index is 0.396. The number of methoxy groups -OCH3 is 1. The van der Waals surface area contributed by atoms with E-state index in [1.54, 1.807) is 7.11 Å². The van der Waals surface area contributed by atoms with Gasteiger partial charge in [0.05, 0.1) is 11.8 Å². The van der Waals surface area contributed by atoms with E-state index in [-0.39, 0.29) is 0 Å². The number of hydrogen-bond donors (Lipinski definition) is 0. The Labute approximate surface area is 60.0 Å². The summed E-state index contributed by atoms with van der Waals surface area (Å²) in [5.74, 6) is 0.560. The Bertz CT molecular complexity index is 167. The molecule has 0 saturated heterocycles. The van der Waals surface area contributed by atoms with Gasteiger partial charge in [0.25, 0.3) is 0 Å². The fourth-order valence-corrected chi connectivity index (χ4v) is 1.60. The van der Waals surface area contributed by atoms with Crippen LogP contribution in [0.2, 0.25) is 0 Å². The minimum Gasteiger partial charge on any atom is -0.395 e. The Morgan fingerprint density at radius 3 is 3.30 bits per heavy atom. The first-order valence-electron chi connectivity index (χ1n) is 3.61. The van der Waals surface area contributed by atoms with E-state index in [1.165, 1.54) is 5.71 Å². The van der Waals surface area contributed by atoms with Crippen molar-refractivity contribution in [2.45, 2.75) is 18.9 Å². The van der Waals surface area contributed by atoms with E-state index in [1.807, 2.05) is 0 Å². The number of ether oxygens (including phenoxy) is 1. The Hall–Kier alpha value is -0.570. The van der Waals surface area contributed by atoms with Crippen LogP contribution in [-0.4, -0.2) is 25.5 Å². The predicted molar refractivity (Wildman–Crippen MR) is 36.9 cm³/mol. The summed E-state index contributed by atoms with van der Waals surface area (Å²) in [6, 6.07) is 0. The molecule has 0 bridgehead atoms. The van der Waals surface area contributed by atoms with E-state index in [9.17, 15) is 0 Å². The van der Waals surface area contributed by atoms with Crippen LogP contribution in [0.4, 0.5) is 0 Å². The van der Waals surface area contributed by atoms with E-state index in [2.05, 4.69) is 5.16 Å². The topological polar surface area (TPSA) is 30.8 Å². The van der Waals surface area contributed by atoms with Gasteiger partial charge < -0.3 is 9.57 Å². The summed E-state index contributed by atoms with van der Waals surface area (Å²) in [4.78, 5) is 4.94. The van der Waals surface area contributed by atoms with Gasteiger partial charge in [-0.1, -0.05) is 5.16 Å². The maximum atomic E-state index is 5.21. The average Bonchev–Trinajstić information content (AvgIpc) is 2.42. The average molecular weight is 141 g/mol. The Kier molecular flexibility index (Phi) is 1.38. The lowest BCUT2D eigenvalue weighted by Gasteiger charge is -2.05. The van der Waals surface area contributed by atoms with Crippen LogP contribution in [0.15, 0.2) is 5.16 Å². The number of hydrogen-bond acceptors (Lipinski definition) is 3. The molecule has 2 atom stereocenters. The van der Waals surface area contributed by atoms with Gasteiger partial charge >= 0.3 is 0 Å². The van der Waals surface area contributed by atoms with Crippen LogP contribution in [0, 0.1) is 5.92 Å². The van der Waals surface area contributed by atoms with Crippen molar-refractivity contribution in [2.75, 3.05) is 13.7 Å². The second-order valence-corrected chi connectivity index (χ2v) is 2.87. The van der Waals surface area contributed by atoms with Gasteiger partial charge in [0.15, 0.2) is 0 Å². The molecule has 1 fully saturated rings. The van der Waals surface area contributed by atoms with Gasteiger partial charge in [0.1, 0.15) is 6.61 Å². The van der Waals surface area contributed by atoms with Gasteiger partial charge in [0, 0.05) is 19.4 Å². The quantitative estimate of drug-likeness (QED) is 0.540. The Morgan fingerprint density at radius 1 is 1.70 bits per heavy atom. The normalized spacial score (nSPS) is 37.1. The van der Waals surface area contributed by atoms with Gasteiger partial charge in [-0.15, -0.1) is 0 Å². The zero-order valence-electron chi connectivity index (χ0n) is 6.04. The first-order valence-corrected chi connectivity index (χ1v) is 3.61. The molecular weight excluding hydrogens is 130 g/mol. The summed E-state index contributed by atoms with van der Waals surface area (Å²) >= 11 is 0. The van der Waals surface area contributed by atoms with Crippen molar-refractivity contribution in [2.24, 2.45) is 11.1 Å². The third kappa shape index (κ3) is 0.814. The number of nitrogens with zero attached hydrogens (tertiary/aromatic N) is 1. The standard InChI is InChI=1S/C7H11NO2/c1-9-6-2-5-4-10-8-7(5)3-6/h5-6H,2-4H2,1H3. The molecule has 56 valence electrons. The fraction of sp³-hybridized carbons (Fsp3) is 0.857. The molecular formula is C7H11NO2. The van der Waals surface area contributed by atoms with Crippen molar-refractivity contribution < 1.29 is 9.57 Å². The van der Waals surface area contributed by atoms with Crippen molar-refractivity contribution in [1.29, 1.82) is 0 Å². The highest BCUT2D eigenvalue weighted by Crippen LogP contribution is 2.29. The van der Waals surface area contributed by atoms with E-state index in [4.69, 9.17) is 9.57 Å². The summed E-state index contributed by atoms with van der Waals surface area (Å²) in [6.07, 6.45) is 2.46. The highest BCUT2D eigenvalue weighted by atomic mass is 16.6. The molecule has 1 heterocycles. The van der Waals surface area contributed by atoms with Crippen molar-refractivity contribution in [1.82, 2.24) is 0 Å². The molecule has 0 aromatic rings. The number of rotatable bonds is 1. The maximum absolute atomic E-state index is 5.21. The zero-order valence-corrected chi connectivity index (χ0v) is 6.04. The molecule has 0 N–H and O–H groups in total. The molecule has 0 radical (unpaired) electrons. The predicted octanol–water partition coefficient (Wildman–Crippen LogP) is 0.798. The van der Waals surface area contributed by atoms with Crippen LogP contribution in [0.3, 0.4) is 0 Å². The van der Waals surface area contributed by atoms with Crippen LogP contribution in [0.25, 0.3) is 0 Å². The lowest BCUT2D eigenvalue weighted by atomic mass is 10.1. The molecule has 1 aliphatic heterocycles. The van der Waals surface area contributed by atoms with Crippen molar-refractivity contribution in [3.8, 4) is 0 Å². The van der Waals surface area contributed by atoms with E-state index in [0.29, 0.717) is 12.0 Å². The van der Waals surface area contributed by atoms with Crippen LogP contribution >= 0.6 is 0 Å². The molecule has 10 heavy (non-hydrogen) atoms. The molecule has 0 aromatic carbocycles. The summed E-state index contributed by atoms with van der Waals surface area (Å²) < 4.78 is 5.21. The van der Waals surface area contributed by atoms with Crippen molar-refractivity contribution in [3.05, 3.63) is 0 Å². The minimum atomic E-state index is 0.396. The monoisotopic (exact) mass is 141 g/mol. The molecule has 1 saturated carbocycles. The Balaban J connectivity index is 2.05. The molecule has 0 amide bonds. The van der Waals surface area contributed by atoms with Gasteiger partial charge in [0.2, 0.25) is 0 Å². The lowest BCUT2D eigenvalue weighted by Crippen LogP contribution is -2.06. The maximum Gasteiger partial charge on any atom is 0.125 e. The first-order chi connectivity index (χ1) is 4.90. The Morgan fingerprint density at radius 2 is 2.60 bits per heavy atom. The fourth-order valence-electron chi connectivity index (χ4n) is 1.60. The van der Waals surface area contributed by atoms with Crippen LogP contribution in [0.5, 0.6) is 0 Å². The summed E-state index contributed by atoms with van der Waals surface area (Å²) in [5.41, 5.74) is 1.20. The molecule has 0 aromatic heterocycles. The SMILES string of the molecule is COC1CC2=NOCC2C1. The highest BCUT2D eigenvalue weighted by Gasteiger charge is 2.34. The summed E-state index contributed by atoms with van der Waals surface area (Å²) in [6.45, 7) is 0.773. The third-order valence-corrected chi connectivity index (χ3v) is 2.25. The van der Waals surface area contributed by atoms with E-state index >= 15 is 0 Å². The molecule has 1 aliphatic carbocycles. The van der Waals surface area contributed by atoms with E-state index < -0.39 is 0 Å². The second-order valence-electron chi connectivity index (χ2n) is 2.87. The van der Waals surface area contributed by atoms with E-state index in [0.717, 1.165) is 19.4 Å². The first kappa shape index (κ1) is 6.16. The number of fused-ring (bicyclic) bond motifs is 1. The smallest absolute Gasteiger partial charge is 0.125 e. The number of oxime groups is 1. The zero-order chi connectivity index (χ0) is 6.97. The van der Waals surface area contributed by atoms with Gasteiger partial charge in [-0.3, -0.25) is 0 Å². The van der Waals surface area contributed by atoms with Crippen molar-refractivity contribution in [3.63, 3.8) is 0 Å². The molecule has 3 nitrogen and oxygen atoms in total. The molecule has 2 aliphatic rings. The van der Waals surface area contributed by atoms with Crippen LogP contribution < -0.4 is 0 Å². The summed E-state index contributed by atoms with van der Waals surface area (Å²) in [5, 5.41) is 3.93.